The van der Waals surface area contributed by atoms with Crippen LogP contribution in [0.5, 0.6) is 0 Å². The number of nitrogens with two attached hydrogens (primary N) is 1. The molecule has 20 heavy (non-hydrogen) atoms. The average molecular weight is 300 g/mol. The first-order valence-electron chi connectivity index (χ1n) is 6.56. The third-order valence-electron chi connectivity index (χ3n) is 2.71. The van der Waals surface area contributed by atoms with Crippen LogP contribution in [0, 0.1) is 0 Å². The van der Waals surface area contributed by atoms with E-state index in [0.717, 1.165) is 6.54 Å². The summed E-state index contributed by atoms with van der Waals surface area (Å²) in [5.41, 5.74) is 7.07. The number of nitrogens with zero attached hydrogens (tertiary/aromatic N) is 1. The van der Waals surface area contributed by atoms with Gasteiger partial charge in [0.2, 0.25) is 10.0 Å². The van der Waals surface area contributed by atoms with Gasteiger partial charge in [-0.05, 0) is 39.2 Å². The summed E-state index contributed by atoms with van der Waals surface area (Å²) in [6.45, 7) is 4.94. The first-order chi connectivity index (χ1) is 9.26. The highest BCUT2D eigenvalue weighted by Gasteiger charge is 2.15. The Labute approximate surface area is 121 Å². The topological polar surface area (TPSA) is 87.5 Å². The highest BCUT2D eigenvalue weighted by Crippen LogP contribution is 2.23. The van der Waals surface area contributed by atoms with Crippen molar-refractivity contribution in [3.05, 3.63) is 18.2 Å². The van der Waals surface area contributed by atoms with E-state index in [2.05, 4.69) is 10.0 Å². The Morgan fingerprint density at radius 3 is 2.55 bits per heavy atom. The van der Waals surface area contributed by atoms with Crippen LogP contribution in [-0.2, 0) is 10.0 Å². The van der Waals surface area contributed by atoms with Gasteiger partial charge in [-0.15, -0.1) is 0 Å². The molecule has 6 nitrogen and oxygen atoms in total. The lowest BCUT2D eigenvalue weighted by Crippen LogP contribution is -2.30. The fourth-order valence-electron chi connectivity index (χ4n) is 1.96. The van der Waals surface area contributed by atoms with Crippen molar-refractivity contribution in [2.75, 3.05) is 38.2 Å². The standard InChI is InChI=1S/C13H24N4O2S/c1-5-15-20(18,19)11-6-7-12(14)13(8-11)16-10(2)9-17(3)4/h6-8,10,15-16H,5,9,14H2,1-4H3. The second-order valence-electron chi connectivity index (χ2n) is 5.06. The second kappa shape index (κ2) is 6.92. The molecule has 0 aromatic heterocycles. The molecule has 0 saturated heterocycles. The van der Waals surface area contributed by atoms with Gasteiger partial charge in [0.1, 0.15) is 0 Å². The van der Waals surface area contributed by atoms with Gasteiger partial charge in [0.05, 0.1) is 16.3 Å². The molecule has 0 spiro atoms. The lowest BCUT2D eigenvalue weighted by molar-refractivity contribution is 0.392. The van der Waals surface area contributed by atoms with E-state index in [-0.39, 0.29) is 10.9 Å². The molecule has 7 heteroatoms. The molecule has 1 unspecified atom stereocenters. The smallest absolute Gasteiger partial charge is 0.240 e. The van der Waals surface area contributed by atoms with Crippen LogP contribution in [-0.4, -0.2) is 46.5 Å². The number of nitrogen functional groups attached to an aromatic ring is 1. The lowest BCUT2D eigenvalue weighted by Gasteiger charge is -2.21. The number of likely N-dealkylation sites (N-methyl/N-ethyl adjacent to an activating group) is 1. The fourth-order valence-corrected chi connectivity index (χ4v) is 3.03. The molecule has 0 aliphatic heterocycles. The largest absolute Gasteiger partial charge is 0.397 e. The van der Waals surface area contributed by atoms with Crippen LogP contribution in [0.1, 0.15) is 13.8 Å². The zero-order valence-corrected chi connectivity index (χ0v) is 13.3. The maximum Gasteiger partial charge on any atom is 0.240 e. The van der Waals surface area contributed by atoms with E-state index in [9.17, 15) is 8.42 Å². The number of nitrogens with one attached hydrogen (secondary N) is 2. The molecule has 1 atom stereocenters. The summed E-state index contributed by atoms with van der Waals surface area (Å²) in [6.07, 6.45) is 0. The van der Waals surface area contributed by atoms with Crippen LogP contribution >= 0.6 is 0 Å². The summed E-state index contributed by atoms with van der Waals surface area (Å²) in [7, 11) is 0.495. The molecule has 0 heterocycles. The molecule has 1 aromatic carbocycles. The van der Waals surface area contributed by atoms with Crippen molar-refractivity contribution in [1.82, 2.24) is 9.62 Å². The zero-order valence-electron chi connectivity index (χ0n) is 12.5. The number of benzene rings is 1. The Morgan fingerprint density at radius 2 is 2.00 bits per heavy atom. The Morgan fingerprint density at radius 1 is 1.35 bits per heavy atom. The first kappa shape index (κ1) is 16.7. The summed E-state index contributed by atoms with van der Waals surface area (Å²) in [5, 5.41) is 3.24. The molecule has 0 bridgehead atoms. The number of sulfonamides is 1. The van der Waals surface area contributed by atoms with Crippen LogP contribution in [0.15, 0.2) is 23.1 Å². The summed E-state index contributed by atoms with van der Waals surface area (Å²) in [6, 6.07) is 4.84. The second-order valence-corrected chi connectivity index (χ2v) is 6.82. The van der Waals surface area contributed by atoms with Gasteiger partial charge in [0, 0.05) is 19.1 Å². The van der Waals surface area contributed by atoms with Gasteiger partial charge < -0.3 is 16.0 Å². The molecule has 114 valence electrons. The van der Waals surface area contributed by atoms with E-state index in [4.69, 9.17) is 5.73 Å². The van der Waals surface area contributed by atoms with Crippen molar-refractivity contribution >= 4 is 21.4 Å². The lowest BCUT2D eigenvalue weighted by atomic mass is 10.2. The minimum atomic E-state index is -3.46. The van der Waals surface area contributed by atoms with Crippen LogP contribution in [0.2, 0.25) is 0 Å². The summed E-state index contributed by atoms with van der Waals surface area (Å²) in [4.78, 5) is 2.26. The van der Waals surface area contributed by atoms with Crippen molar-refractivity contribution in [2.24, 2.45) is 0 Å². The van der Waals surface area contributed by atoms with Crippen LogP contribution in [0.3, 0.4) is 0 Å². The first-order valence-corrected chi connectivity index (χ1v) is 8.05. The van der Waals surface area contributed by atoms with Gasteiger partial charge >= 0.3 is 0 Å². The monoisotopic (exact) mass is 300 g/mol. The molecule has 0 aliphatic carbocycles. The highest BCUT2D eigenvalue weighted by molar-refractivity contribution is 7.89. The van der Waals surface area contributed by atoms with E-state index in [1.54, 1.807) is 19.1 Å². The normalized spacial score (nSPS) is 13.4. The van der Waals surface area contributed by atoms with Gasteiger partial charge in [0.25, 0.3) is 0 Å². The van der Waals surface area contributed by atoms with Crippen LogP contribution < -0.4 is 15.8 Å². The highest BCUT2D eigenvalue weighted by atomic mass is 32.2. The zero-order chi connectivity index (χ0) is 15.3. The predicted octanol–water partition coefficient (Wildman–Crippen LogP) is 0.929. The van der Waals surface area contributed by atoms with Gasteiger partial charge in [-0.2, -0.15) is 0 Å². The summed E-state index contributed by atoms with van der Waals surface area (Å²) in [5.74, 6) is 0. The Kier molecular flexibility index (Phi) is 5.79. The van der Waals surface area contributed by atoms with Gasteiger partial charge in [-0.1, -0.05) is 6.92 Å². The maximum absolute atomic E-state index is 12.0. The molecule has 0 fully saturated rings. The van der Waals surface area contributed by atoms with Gasteiger partial charge in [-0.3, -0.25) is 0 Å². The number of hydrogen-bond donors (Lipinski definition) is 3. The quantitative estimate of drug-likeness (QED) is 0.652. The van der Waals surface area contributed by atoms with Crippen LogP contribution in [0.4, 0.5) is 11.4 Å². The van der Waals surface area contributed by atoms with Crippen LogP contribution in [0.25, 0.3) is 0 Å². The van der Waals surface area contributed by atoms with Crippen molar-refractivity contribution < 1.29 is 8.42 Å². The Balaban J connectivity index is 2.98. The predicted molar refractivity (Wildman–Crippen MR) is 83.4 cm³/mol. The fraction of sp³-hybridized carbons (Fsp3) is 0.538. The van der Waals surface area contributed by atoms with Crippen molar-refractivity contribution in [3.8, 4) is 0 Å². The minimum Gasteiger partial charge on any atom is -0.397 e. The minimum absolute atomic E-state index is 0.157. The Bertz CT molecular complexity index is 543. The van der Waals surface area contributed by atoms with E-state index >= 15 is 0 Å². The summed E-state index contributed by atoms with van der Waals surface area (Å²) < 4.78 is 26.4. The van der Waals surface area contributed by atoms with E-state index in [1.807, 2.05) is 25.9 Å². The van der Waals surface area contributed by atoms with Gasteiger partial charge in [-0.25, -0.2) is 13.1 Å². The molecular weight excluding hydrogens is 276 g/mol. The molecule has 0 aliphatic rings. The third-order valence-corrected chi connectivity index (χ3v) is 4.25. The molecule has 0 radical (unpaired) electrons. The van der Waals surface area contributed by atoms with Crippen molar-refractivity contribution in [2.45, 2.75) is 24.8 Å². The molecule has 0 saturated carbocycles. The molecule has 4 N–H and O–H groups in total. The maximum atomic E-state index is 12.0. The molecular formula is C13H24N4O2S. The van der Waals surface area contributed by atoms with E-state index < -0.39 is 10.0 Å². The third kappa shape index (κ3) is 4.66. The average Bonchev–Trinajstić information content (AvgIpc) is 2.30. The van der Waals surface area contributed by atoms with Crippen molar-refractivity contribution in [3.63, 3.8) is 0 Å². The molecule has 1 aromatic rings. The molecule has 1 rings (SSSR count). The van der Waals surface area contributed by atoms with E-state index in [0.29, 0.717) is 17.9 Å². The Hall–Kier alpha value is -1.31. The molecule has 0 amide bonds. The number of hydrogen-bond acceptors (Lipinski definition) is 5. The summed E-state index contributed by atoms with van der Waals surface area (Å²) >= 11 is 0. The number of rotatable bonds is 7. The van der Waals surface area contributed by atoms with Crippen molar-refractivity contribution in [1.29, 1.82) is 0 Å². The van der Waals surface area contributed by atoms with Gasteiger partial charge in [0.15, 0.2) is 0 Å². The van der Waals surface area contributed by atoms with E-state index in [1.165, 1.54) is 6.07 Å². The SMILES string of the molecule is CCNS(=O)(=O)c1ccc(N)c(NC(C)CN(C)C)c1. The number of anilines is 2.